The second-order valence-corrected chi connectivity index (χ2v) is 6.25. The highest BCUT2D eigenvalue weighted by Crippen LogP contribution is 2.25. The summed E-state index contributed by atoms with van der Waals surface area (Å²) in [6.45, 7) is 3.87. The zero-order chi connectivity index (χ0) is 19.8. The smallest absolute Gasteiger partial charge is 0.331 e. The van der Waals surface area contributed by atoms with Crippen LogP contribution in [0.1, 0.15) is 41.3 Å². The highest BCUT2D eigenvalue weighted by molar-refractivity contribution is 5.99. The van der Waals surface area contributed by atoms with Crippen LogP contribution in [-0.2, 0) is 9.53 Å². The molecular weight excluding hydrogens is 344 g/mol. The minimum atomic E-state index is -0.597. The zero-order valence-corrected chi connectivity index (χ0v) is 16.0. The number of methoxy groups -OCH3 is 2. The first kappa shape index (κ1) is 20.2. The summed E-state index contributed by atoms with van der Waals surface area (Å²) in [5.74, 6) is 0.779. The van der Waals surface area contributed by atoms with Crippen LogP contribution in [0.2, 0.25) is 0 Å². The minimum absolute atomic E-state index is 0.242. The normalized spacial score (nSPS) is 10.9. The maximum absolute atomic E-state index is 12.1. The van der Waals surface area contributed by atoms with Gasteiger partial charge in [0.1, 0.15) is 11.5 Å². The van der Waals surface area contributed by atoms with Crippen LogP contribution in [-0.4, -0.2) is 32.6 Å². The second kappa shape index (κ2) is 9.57. The summed E-state index contributed by atoms with van der Waals surface area (Å²) in [4.78, 5) is 24.0. The van der Waals surface area contributed by atoms with Gasteiger partial charge in [0.05, 0.1) is 14.2 Å². The molecule has 0 aliphatic carbocycles. The van der Waals surface area contributed by atoms with Gasteiger partial charge in [-0.1, -0.05) is 38.1 Å². The Labute approximate surface area is 159 Å². The van der Waals surface area contributed by atoms with E-state index < -0.39 is 5.97 Å². The molecule has 0 amide bonds. The van der Waals surface area contributed by atoms with Gasteiger partial charge in [0.2, 0.25) is 0 Å². The molecule has 0 aromatic heterocycles. The number of rotatable bonds is 8. The molecule has 0 unspecified atom stereocenters. The molecule has 2 aromatic carbocycles. The number of carbonyl (C=O) groups excluding carboxylic acids is 2. The molecule has 0 saturated carbocycles. The molecule has 0 N–H and O–H groups in total. The molecule has 0 fully saturated rings. The van der Waals surface area contributed by atoms with E-state index in [1.807, 2.05) is 12.1 Å². The number of hydrogen-bond acceptors (Lipinski definition) is 5. The van der Waals surface area contributed by atoms with Crippen LogP contribution in [0.5, 0.6) is 11.5 Å². The van der Waals surface area contributed by atoms with Crippen molar-refractivity contribution in [2.45, 2.75) is 19.8 Å². The molecule has 0 bridgehead atoms. The van der Waals surface area contributed by atoms with Crippen molar-refractivity contribution in [2.75, 3.05) is 20.8 Å². The van der Waals surface area contributed by atoms with Gasteiger partial charge in [0.15, 0.2) is 12.4 Å². The zero-order valence-electron chi connectivity index (χ0n) is 16.0. The predicted molar refractivity (Wildman–Crippen MR) is 104 cm³/mol. The Morgan fingerprint density at radius 3 is 2.30 bits per heavy atom. The number of hydrogen-bond donors (Lipinski definition) is 0. The molecule has 0 atom stereocenters. The van der Waals surface area contributed by atoms with Gasteiger partial charge in [0.25, 0.3) is 0 Å². The van der Waals surface area contributed by atoms with Crippen LogP contribution >= 0.6 is 0 Å². The maximum atomic E-state index is 12.1. The molecule has 27 heavy (non-hydrogen) atoms. The standard InChI is InChI=1S/C22H24O5/c1-15(2)16-5-7-17(8-6-16)20(23)14-27-22(24)12-10-18-9-11-19(25-3)13-21(18)26-4/h5-13,15H,14H2,1-4H3/b12-10+. The van der Waals surface area contributed by atoms with Crippen LogP contribution in [0, 0.1) is 0 Å². The molecule has 0 radical (unpaired) electrons. The lowest BCUT2D eigenvalue weighted by Gasteiger charge is -2.07. The Hall–Kier alpha value is -3.08. The molecule has 5 nitrogen and oxygen atoms in total. The predicted octanol–water partition coefficient (Wildman–Crippen LogP) is 4.27. The van der Waals surface area contributed by atoms with Gasteiger partial charge in [-0.05, 0) is 29.7 Å². The molecule has 0 aliphatic rings. The molecule has 142 valence electrons. The van der Waals surface area contributed by atoms with E-state index >= 15 is 0 Å². The van der Waals surface area contributed by atoms with E-state index in [1.54, 1.807) is 43.5 Å². The number of benzene rings is 2. The Morgan fingerprint density at radius 2 is 1.70 bits per heavy atom. The topological polar surface area (TPSA) is 61.8 Å². The van der Waals surface area contributed by atoms with Crippen molar-refractivity contribution >= 4 is 17.8 Å². The van der Waals surface area contributed by atoms with Crippen molar-refractivity contribution in [3.8, 4) is 11.5 Å². The number of ether oxygens (including phenoxy) is 3. The lowest BCUT2D eigenvalue weighted by Crippen LogP contribution is -2.12. The fourth-order valence-electron chi connectivity index (χ4n) is 2.44. The average Bonchev–Trinajstić information content (AvgIpc) is 2.70. The van der Waals surface area contributed by atoms with E-state index in [0.717, 1.165) is 5.56 Å². The first-order valence-electron chi connectivity index (χ1n) is 8.64. The number of Topliss-reactive ketones (excluding diaryl/α,β-unsaturated/α-hetero) is 1. The summed E-state index contributed by atoms with van der Waals surface area (Å²) in [6, 6.07) is 12.6. The van der Waals surface area contributed by atoms with Crippen molar-refractivity contribution in [3.63, 3.8) is 0 Å². The van der Waals surface area contributed by atoms with Crippen LogP contribution in [0.25, 0.3) is 6.08 Å². The van der Waals surface area contributed by atoms with E-state index in [-0.39, 0.29) is 12.4 Å². The highest BCUT2D eigenvalue weighted by atomic mass is 16.5. The highest BCUT2D eigenvalue weighted by Gasteiger charge is 2.10. The third kappa shape index (κ3) is 5.71. The average molecular weight is 368 g/mol. The molecule has 5 heteroatoms. The van der Waals surface area contributed by atoms with E-state index in [2.05, 4.69) is 13.8 Å². The Morgan fingerprint density at radius 1 is 1.00 bits per heavy atom. The Bertz CT molecular complexity index is 819. The minimum Gasteiger partial charge on any atom is -0.497 e. The fraction of sp³-hybridized carbons (Fsp3) is 0.273. The third-order valence-corrected chi connectivity index (χ3v) is 4.08. The summed E-state index contributed by atoms with van der Waals surface area (Å²) < 4.78 is 15.4. The summed E-state index contributed by atoms with van der Waals surface area (Å²) in [6.07, 6.45) is 2.84. The van der Waals surface area contributed by atoms with Crippen molar-refractivity contribution in [2.24, 2.45) is 0 Å². The van der Waals surface area contributed by atoms with Crippen LogP contribution in [0.15, 0.2) is 48.5 Å². The summed E-state index contributed by atoms with van der Waals surface area (Å²) >= 11 is 0. The Balaban J connectivity index is 1.93. The van der Waals surface area contributed by atoms with Crippen molar-refractivity contribution in [1.82, 2.24) is 0 Å². The molecule has 2 rings (SSSR count). The van der Waals surface area contributed by atoms with Crippen molar-refractivity contribution in [3.05, 3.63) is 65.2 Å². The summed E-state index contributed by atoms with van der Waals surface area (Å²) in [7, 11) is 3.10. The molecule has 0 heterocycles. The molecule has 2 aromatic rings. The first-order valence-corrected chi connectivity index (χ1v) is 8.64. The molecular formula is C22H24O5. The van der Waals surface area contributed by atoms with Crippen LogP contribution in [0.4, 0.5) is 0 Å². The van der Waals surface area contributed by atoms with Gasteiger partial charge >= 0.3 is 5.97 Å². The largest absolute Gasteiger partial charge is 0.497 e. The lowest BCUT2D eigenvalue weighted by atomic mass is 10.0. The van der Waals surface area contributed by atoms with Gasteiger partial charge in [-0.2, -0.15) is 0 Å². The van der Waals surface area contributed by atoms with E-state index in [4.69, 9.17) is 14.2 Å². The van der Waals surface area contributed by atoms with Crippen LogP contribution < -0.4 is 9.47 Å². The van der Waals surface area contributed by atoms with Gasteiger partial charge in [0, 0.05) is 23.3 Å². The third-order valence-electron chi connectivity index (χ3n) is 4.08. The number of carbonyl (C=O) groups is 2. The Kier molecular flexibility index (Phi) is 7.17. The van der Waals surface area contributed by atoms with Gasteiger partial charge in [-0.15, -0.1) is 0 Å². The monoisotopic (exact) mass is 368 g/mol. The van der Waals surface area contributed by atoms with Crippen molar-refractivity contribution < 1.29 is 23.8 Å². The number of esters is 1. The van der Waals surface area contributed by atoms with Gasteiger partial charge in [-0.25, -0.2) is 4.79 Å². The molecule has 0 spiro atoms. The molecule has 0 saturated heterocycles. The first-order chi connectivity index (χ1) is 12.9. The van der Waals surface area contributed by atoms with E-state index in [0.29, 0.717) is 28.5 Å². The van der Waals surface area contributed by atoms with Crippen molar-refractivity contribution in [1.29, 1.82) is 0 Å². The van der Waals surface area contributed by atoms with Gasteiger partial charge in [-0.3, -0.25) is 4.79 Å². The quantitative estimate of drug-likeness (QED) is 0.396. The maximum Gasteiger partial charge on any atom is 0.331 e. The SMILES string of the molecule is COc1ccc(/C=C/C(=O)OCC(=O)c2ccc(C(C)C)cc2)c(OC)c1. The van der Waals surface area contributed by atoms with E-state index in [1.165, 1.54) is 13.2 Å². The second-order valence-electron chi connectivity index (χ2n) is 6.25. The fourth-order valence-corrected chi connectivity index (χ4v) is 2.44. The summed E-state index contributed by atoms with van der Waals surface area (Å²) in [5, 5.41) is 0. The van der Waals surface area contributed by atoms with Gasteiger partial charge < -0.3 is 14.2 Å². The van der Waals surface area contributed by atoms with Crippen LogP contribution in [0.3, 0.4) is 0 Å². The number of ketones is 1. The summed E-state index contributed by atoms with van der Waals surface area (Å²) in [5.41, 5.74) is 2.37. The van der Waals surface area contributed by atoms with E-state index in [9.17, 15) is 9.59 Å². The molecule has 0 aliphatic heterocycles. The lowest BCUT2D eigenvalue weighted by molar-refractivity contribution is -0.136.